The molecule has 0 radical (unpaired) electrons. The van der Waals surface area contributed by atoms with Crippen LogP contribution in [-0.2, 0) is 0 Å². The zero-order chi connectivity index (χ0) is 25.2. The van der Waals surface area contributed by atoms with Crippen LogP contribution in [0, 0.1) is 10.1 Å². The summed E-state index contributed by atoms with van der Waals surface area (Å²) in [6.07, 6.45) is 3.08. The van der Waals surface area contributed by atoms with Crippen LogP contribution >= 0.6 is 0 Å². The van der Waals surface area contributed by atoms with Crippen LogP contribution in [0.2, 0.25) is 0 Å². The number of anilines is 2. The second kappa shape index (κ2) is 9.81. The molecule has 1 N–H and O–H groups in total. The van der Waals surface area contributed by atoms with E-state index in [-0.39, 0.29) is 11.3 Å². The van der Waals surface area contributed by atoms with Gasteiger partial charge in [0.05, 0.1) is 4.92 Å². The van der Waals surface area contributed by atoms with Gasteiger partial charge in [0.2, 0.25) is 5.89 Å². The Kier molecular flexibility index (Phi) is 6.41. The predicted molar refractivity (Wildman–Crippen MR) is 141 cm³/mol. The van der Waals surface area contributed by atoms with Gasteiger partial charge < -0.3 is 14.6 Å². The SMILES string of the molecule is CC[C@H](C)c1ccc2oc(-c3ccc(NC(=O)c4ccc(N5CCCC5)c([N+](=O)[O-])c4)cc3)nc2c1. The Morgan fingerprint density at radius 3 is 2.56 bits per heavy atom. The number of hydrogen-bond acceptors (Lipinski definition) is 6. The van der Waals surface area contributed by atoms with Crippen LogP contribution in [0.1, 0.15) is 54.9 Å². The first-order valence-electron chi connectivity index (χ1n) is 12.3. The summed E-state index contributed by atoms with van der Waals surface area (Å²) in [4.78, 5) is 30.7. The molecular weight excluding hydrogens is 456 g/mol. The first kappa shape index (κ1) is 23.5. The maximum Gasteiger partial charge on any atom is 0.293 e. The maximum absolute atomic E-state index is 12.8. The minimum Gasteiger partial charge on any atom is -0.436 e. The van der Waals surface area contributed by atoms with Gasteiger partial charge >= 0.3 is 0 Å². The summed E-state index contributed by atoms with van der Waals surface area (Å²) in [5, 5.41) is 14.5. The molecule has 1 aliphatic heterocycles. The van der Waals surface area contributed by atoms with Gasteiger partial charge in [0.1, 0.15) is 11.2 Å². The maximum atomic E-state index is 12.8. The summed E-state index contributed by atoms with van der Waals surface area (Å²) >= 11 is 0. The molecule has 8 heteroatoms. The number of nitro benzene ring substituents is 1. The molecule has 184 valence electrons. The van der Waals surface area contributed by atoms with Crippen LogP contribution in [0.15, 0.2) is 65.1 Å². The molecular formula is C28H28N4O4. The van der Waals surface area contributed by atoms with E-state index < -0.39 is 10.8 Å². The summed E-state index contributed by atoms with van der Waals surface area (Å²) in [7, 11) is 0. The molecule has 0 saturated carbocycles. The molecule has 0 bridgehead atoms. The molecule has 4 aromatic rings. The van der Waals surface area contributed by atoms with Gasteiger partial charge in [-0.15, -0.1) is 0 Å². The van der Waals surface area contributed by atoms with E-state index in [1.807, 2.05) is 23.1 Å². The smallest absolute Gasteiger partial charge is 0.293 e. The number of nitrogens with one attached hydrogen (secondary N) is 1. The topological polar surface area (TPSA) is 102 Å². The van der Waals surface area contributed by atoms with Crippen LogP contribution in [0.3, 0.4) is 0 Å². The van der Waals surface area contributed by atoms with Crippen LogP contribution in [0.25, 0.3) is 22.6 Å². The molecule has 1 fully saturated rings. The number of carbonyl (C=O) groups excluding carboxylic acids is 1. The molecule has 3 aromatic carbocycles. The average Bonchev–Trinajstić information content (AvgIpc) is 3.58. The third kappa shape index (κ3) is 4.66. The number of carbonyl (C=O) groups is 1. The highest BCUT2D eigenvalue weighted by molar-refractivity contribution is 6.05. The Morgan fingerprint density at radius 1 is 1.11 bits per heavy atom. The normalized spacial score (nSPS) is 14.2. The molecule has 0 aliphatic carbocycles. The summed E-state index contributed by atoms with van der Waals surface area (Å²) in [6, 6.07) is 17.9. The first-order chi connectivity index (χ1) is 17.4. The standard InChI is InChI=1S/C28H28N4O4/c1-3-18(2)20-9-13-26-23(16-20)30-28(36-26)19-6-10-22(11-7-19)29-27(33)21-8-12-24(25(17-21)32(34)35)31-14-4-5-15-31/h6-13,16-18H,3-5,14-15H2,1-2H3,(H,29,33)/t18-/m0/s1. The average molecular weight is 485 g/mol. The summed E-state index contributed by atoms with van der Waals surface area (Å²) in [5.74, 6) is 0.561. The van der Waals surface area contributed by atoms with Crippen molar-refractivity contribution in [3.8, 4) is 11.5 Å². The van der Waals surface area contributed by atoms with E-state index in [0.29, 0.717) is 23.2 Å². The molecule has 1 atom stereocenters. The number of rotatable bonds is 7. The van der Waals surface area contributed by atoms with Gasteiger partial charge in [0.25, 0.3) is 11.6 Å². The van der Waals surface area contributed by atoms with Crippen LogP contribution in [-0.4, -0.2) is 28.9 Å². The van der Waals surface area contributed by atoms with E-state index in [1.165, 1.54) is 11.6 Å². The van der Waals surface area contributed by atoms with Crippen LogP contribution in [0.4, 0.5) is 17.1 Å². The number of fused-ring (bicyclic) bond motifs is 1. The zero-order valence-electron chi connectivity index (χ0n) is 20.4. The molecule has 0 spiro atoms. The third-order valence-electron chi connectivity index (χ3n) is 6.86. The van der Waals surface area contributed by atoms with Crippen molar-refractivity contribution in [2.45, 2.75) is 39.0 Å². The second-order valence-corrected chi connectivity index (χ2v) is 9.24. The Balaban J connectivity index is 1.32. The predicted octanol–water partition coefficient (Wildman–Crippen LogP) is 6.77. The van der Waals surface area contributed by atoms with Crippen molar-refractivity contribution in [3.05, 3.63) is 81.9 Å². The van der Waals surface area contributed by atoms with E-state index in [9.17, 15) is 14.9 Å². The molecule has 2 heterocycles. The Morgan fingerprint density at radius 2 is 1.86 bits per heavy atom. The number of oxazole rings is 1. The number of nitrogens with zero attached hydrogens (tertiary/aromatic N) is 3. The highest BCUT2D eigenvalue weighted by atomic mass is 16.6. The van der Waals surface area contributed by atoms with Gasteiger partial charge in [-0.25, -0.2) is 4.98 Å². The van der Waals surface area contributed by atoms with Gasteiger partial charge in [-0.2, -0.15) is 0 Å². The fourth-order valence-electron chi connectivity index (χ4n) is 4.55. The number of aromatic nitrogens is 1. The number of nitro groups is 1. The molecule has 1 amide bonds. The van der Waals surface area contributed by atoms with Crippen LogP contribution in [0.5, 0.6) is 0 Å². The van der Waals surface area contributed by atoms with Gasteiger partial charge in [-0.05, 0) is 79.3 Å². The molecule has 36 heavy (non-hydrogen) atoms. The molecule has 8 nitrogen and oxygen atoms in total. The lowest BCUT2D eigenvalue weighted by Crippen LogP contribution is -2.19. The summed E-state index contributed by atoms with van der Waals surface area (Å²) in [5.41, 5.74) is 4.90. The Labute approximate surface area is 209 Å². The van der Waals surface area contributed by atoms with Crippen molar-refractivity contribution in [1.82, 2.24) is 4.98 Å². The van der Waals surface area contributed by atoms with Crippen molar-refractivity contribution < 1.29 is 14.1 Å². The monoisotopic (exact) mass is 484 g/mol. The number of hydrogen-bond donors (Lipinski definition) is 1. The highest BCUT2D eigenvalue weighted by Gasteiger charge is 2.24. The van der Waals surface area contributed by atoms with Crippen molar-refractivity contribution >= 4 is 34.1 Å². The Hall–Kier alpha value is -4.20. The van der Waals surface area contributed by atoms with Gasteiger partial charge in [-0.3, -0.25) is 14.9 Å². The molecule has 5 rings (SSSR count). The van der Waals surface area contributed by atoms with Crippen LogP contribution < -0.4 is 10.2 Å². The molecule has 1 aromatic heterocycles. The third-order valence-corrected chi connectivity index (χ3v) is 6.86. The van der Waals surface area contributed by atoms with E-state index >= 15 is 0 Å². The van der Waals surface area contributed by atoms with Crippen molar-refractivity contribution in [3.63, 3.8) is 0 Å². The van der Waals surface area contributed by atoms with Gasteiger partial charge in [0, 0.05) is 36.0 Å². The lowest BCUT2D eigenvalue weighted by molar-refractivity contribution is -0.384. The largest absolute Gasteiger partial charge is 0.436 e. The van der Waals surface area contributed by atoms with Crippen molar-refractivity contribution in [1.29, 1.82) is 0 Å². The summed E-state index contributed by atoms with van der Waals surface area (Å²) < 4.78 is 5.94. The highest BCUT2D eigenvalue weighted by Crippen LogP contribution is 2.32. The fraction of sp³-hybridized carbons (Fsp3) is 0.286. The minimum atomic E-state index is -0.425. The van der Waals surface area contributed by atoms with E-state index in [2.05, 4.69) is 36.3 Å². The quantitative estimate of drug-likeness (QED) is 0.229. The lowest BCUT2D eigenvalue weighted by Gasteiger charge is -2.17. The number of benzene rings is 3. The fourth-order valence-corrected chi connectivity index (χ4v) is 4.55. The zero-order valence-corrected chi connectivity index (χ0v) is 20.4. The van der Waals surface area contributed by atoms with Crippen molar-refractivity contribution in [2.75, 3.05) is 23.3 Å². The second-order valence-electron chi connectivity index (χ2n) is 9.24. The first-order valence-corrected chi connectivity index (χ1v) is 12.3. The lowest BCUT2D eigenvalue weighted by atomic mass is 9.98. The summed E-state index contributed by atoms with van der Waals surface area (Å²) in [6.45, 7) is 5.93. The molecule has 1 saturated heterocycles. The van der Waals surface area contributed by atoms with Gasteiger partial charge in [-0.1, -0.05) is 19.9 Å². The number of amides is 1. The van der Waals surface area contributed by atoms with E-state index in [1.54, 1.807) is 24.3 Å². The van der Waals surface area contributed by atoms with Crippen molar-refractivity contribution in [2.24, 2.45) is 0 Å². The Bertz CT molecular complexity index is 1420. The van der Waals surface area contributed by atoms with E-state index in [0.717, 1.165) is 49.0 Å². The van der Waals surface area contributed by atoms with E-state index in [4.69, 9.17) is 4.42 Å². The molecule has 0 unspecified atom stereocenters. The minimum absolute atomic E-state index is 0.0488. The van der Waals surface area contributed by atoms with Gasteiger partial charge in [0.15, 0.2) is 5.58 Å². The molecule has 1 aliphatic rings.